The number of imidazole rings is 1. The first-order chi connectivity index (χ1) is 14.8. The summed E-state index contributed by atoms with van der Waals surface area (Å²) >= 11 is 1.67. The van der Waals surface area contributed by atoms with Gasteiger partial charge in [0.1, 0.15) is 5.69 Å². The molecule has 0 radical (unpaired) electrons. The topological polar surface area (TPSA) is 109 Å². The van der Waals surface area contributed by atoms with E-state index < -0.39 is 0 Å². The van der Waals surface area contributed by atoms with Crippen LogP contribution in [0.5, 0.6) is 0 Å². The molecule has 0 aliphatic rings. The molecule has 5 aromatic heterocycles. The molecule has 0 unspecified atom stereocenters. The van der Waals surface area contributed by atoms with E-state index in [2.05, 4.69) is 48.0 Å². The second kappa shape index (κ2) is 6.50. The number of rotatable bonds is 3. The Morgan fingerprint density at radius 3 is 2.80 bits per heavy atom. The molecule has 0 bridgehead atoms. The van der Waals surface area contributed by atoms with Crippen LogP contribution in [0.2, 0.25) is 0 Å². The number of anilines is 1. The Balaban J connectivity index is 1.52. The predicted octanol–water partition coefficient (Wildman–Crippen LogP) is 4.87. The molecule has 0 atom stereocenters. The van der Waals surface area contributed by atoms with Gasteiger partial charge in [-0.3, -0.25) is 15.1 Å². The highest BCUT2D eigenvalue weighted by atomic mass is 32.1. The fourth-order valence-corrected chi connectivity index (χ4v) is 4.30. The third kappa shape index (κ3) is 2.66. The molecule has 5 heterocycles. The molecule has 6 rings (SSSR count). The average molecular weight is 409 g/mol. The summed E-state index contributed by atoms with van der Waals surface area (Å²) in [6.07, 6.45) is 5.13. The molecule has 30 heavy (non-hydrogen) atoms. The van der Waals surface area contributed by atoms with E-state index in [1.807, 2.05) is 24.3 Å². The standard InChI is InChI=1S/C22H15N7S/c23-14-6-13(8-24-9-14)18-7-16-19(10-25-18)28-29-21(16)22-26-17-3-1-2-15(20(17)27-22)12-4-5-30-11-12/h1-11H,23H2,(H,26,27)(H,28,29). The molecular formula is C22H15N7S. The highest BCUT2D eigenvalue weighted by molar-refractivity contribution is 7.08. The van der Waals surface area contributed by atoms with Gasteiger partial charge in [-0.25, -0.2) is 4.98 Å². The number of aromatic amines is 2. The Bertz CT molecular complexity index is 1510. The SMILES string of the molecule is Nc1cncc(-c2cc3c(-c4nc5c(-c6ccsc6)cccc5[nH]4)n[nH]c3cn2)c1. The van der Waals surface area contributed by atoms with Crippen molar-refractivity contribution in [3.63, 3.8) is 0 Å². The van der Waals surface area contributed by atoms with Crippen molar-refractivity contribution < 1.29 is 0 Å². The fraction of sp³-hybridized carbons (Fsp3) is 0. The third-order valence-corrected chi connectivity index (χ3v) is 5.75. The molecule has 4 N–H and O–H groups in total. The van der Waals surface area contributed by atoms with Crippen molar-refractivity contribution in [3.8, 4) is 33.9 Å². The number of hydrogen-bond acceptors (Lipinski definition) is 6. The maximum atomic E-state index is 5.88. The number of nitrogens with one attached hydrogen (secondary N) is 2. The van der Waals surface area contributed by atoms with Gasteiger partial charge in [-0.15, -0.1) is 0 Å². The second-order valence-corrected chi connectivity index (χ2v) is 7.77. The number of hydrogen-bond donors (Lipinski definition) is 3. The summed E-state index contributed by atoms with van der Waals surface area (Å²) in [6, 6.07) is 12.1. The van der Waals surface area contributed by atoms with Crippen molar-refractivity contribution in [2.75, 3.05) is 5.73 Å². The number of benzene rings is 1. The second-order valence-electron chi connectivity index (χ2n) is 6.99. The van der Waals surface area contributed by atoms with E-state index in [9.17, 15) is 0 Å². The molecule has 0 spiro atoms. The van der Waals surface area contributed by atoms with E-state index in [1.54, 1.807) is 29.9 Å². The van der Waals surface area contributed by atoms with Crippen LogP contribution in [0.25, 0.3) is 55.8 Å². The maximum Gasteiger partial charge on any atom is 0.159 e. The van der Waals surface area contributed by atoms with Gasteiger partial charge < -0.3 is 10.7 Å². The Morgan fingerprint density at radius 1 is 0.967 bits per heavy atom. The predicted molar refractivity (Wildman–Crippen MR) is 120 cm³/mol. The normalized spacial score (nSPS) is 11.5. The van der Waals surface area contributed by atoms with Crippen molar-refractivity contribution in [1.29, 1.82) is 0 Å². The number of fused-ring (bicyclic) bond motifs is 2. The van der Waals surface area contributed by atoms with Gasteiger partial charge in [0.15, 0.2) is 5.82 Å². The number of nitrogens with two attached hydrogens (primary N) is 1. The number of para-hydroxylation sites is 1. The van der Waals surface area contributed by atoms with Crippen molar-refractivity contribution in [2.24, 2.45) is 0 Å². The Hall–Kier alpha value is -4.04. The summed E-state index contributed by atoms with van der Waals surface area (Å²) in [5, 5.41) is 12.7. The summed E-state index contributed by atoms with van der Waals surface area (Å²) in [5.41, 5.74) is 13.9. The zero-order valence-corrected chi connectivity index (χ0v) is 16.4. The van der Waals surface area contributed by atoms with Crippen LogP contribution in [0, 0.1) is 0 Å². The molecule has 8 heteroatoms. The molecule has 0 aliphatic heterocycles. The highest BCUT2D eigenvalue weighted by Crippen LogP contribution is 2.33. The lowest BCUT2D eigenvalue weighted by molar-refractivity contribution is 1.10. The number of thiophene rings is 1. The monoisotopic (exact) mass is 409 g/mol. The van der Waals surface area contributed by atoms with Crippen LogP contribution in [-0.2, 0) is 0 Å². The summed E-state index contributed by atoms with van der Waals surface area (Å²) in [6.45, 7) is 0. The van der Waals surface area contributed by atoms with E-state index in [4.69, 9.17) is 10.7 Å². The van der Waals surface area contributed by atoms with E-state index in [-0.39, 0.29) is 0 Å². The first kappa shape index (κ1) is 16.9. The Labute approximate surface area is 174 Å². The van der Waals surface area contributed by atoms with Gasteiger partial charge in [0.2, 0.25) is 0 Å². The molecule has 144 valence electrons. The minimum atomic E-state index is 0.597. The summed E-state index contributed by atoms with van der Waals surface area (Å²) in [7, 11) is 0. The number of nitrogen functional groups attached to an aromatic ring is 1. The van der Waals surface area contributed by atoms with Gasteiger partial charge in [0.25, 0.3) is 0 Å². The first-order valence-corrected chi connectivity index (χ1v) is 10.3. The Kier molecular flexibility index (Phi) is 3.65. The number of aromatic nitrogens is 6. The van der Waals surface area contributed by atoms with Crippen molar-refractivity contribution in [3.05, 3.63) is 65.7 Å². The first-order valence-electron chi connectivity index (χ1n) is 9.33. The number of nitrogens with zero attached hydrogens (tertiary/aromatic N) is 4. The van der Waals surface area contributed by atoms with E-state index in [1.165, 1.54) is 0 Å². The van der Waals surface area contributed by atoms with Crippen molar-refractivity contribution >= 4 is 39.0 Å². The third-order valence-electron chi connectivity index (χ3n) is 5.07. The van der Waals surface area contributed by atoms with Gasteiger partial charge in [-0.05, 0) is 40.6 Å². The smallest absolute Gasteiger partial charge is 0.159 e. The molecule has 6 aromatic rings. The molecule has 7 nitrogen and oxygen atoms in total. The molecule has 0 aliphatic carbocycles. The van der Waals surface area contributed by atoms with Crippen molar-refractivity contribution in [2.45, 2.75) is 0 Å². The van der Waals surface area contributed by atoms with Crippen molar-refractivity contribution in [1.82, 2.24) is 30.1 Å². The van der Waals surface area contributed by atoms with Gasteiger partial charge in [0, 0.05) is 28.9 Å². The molecular weight excluding hydrogens is 394 g/mol. The van der Waals surface area contributed by atoms with Crippen LogP contribution in [0.3, 0.4) is 0 Å². The molecule has 0 fully saturated rings. The molecule has 0 saturated heterocycles. The summed E-state index contributed by atoms with van der Waals surface area (Å²) in [5.74, 6) is 0.710. The van der Waals surface area contributed by atoms with Gasteiger partial charge in [-0.1, -0.05) is 12.1 Å². The lowest BCUT2D eigenvalue weighted by atomic mass is 10.1. The highest BCUT2D eigenvalue weighted by Gasteiger charge is 2.16. The lowest BCUT2D eigenvalue weighted by Crippen LogP contribution is -1.90. The van der Waals surface area contributed by atoms with E-state index in [0.29, 0.717) is 11.5 Å². The number of H-pyrrole nitrogens is 2. The summed E-state index contributed by atoms with van der Waals surface area (Å²) in [4.78, 5) is 17.0. The molecule has 0 amide bonds. The zero-order valence-electron chi connectivity index (χ0n) is 15.6. The van der Waals surface area contributed by atoms with Gasteiger partial charge >= 0.3 is 0 Å². The number of pyridine rings is 2. The maximum absolute atomic E-state index is 5.88. The van der Waals surface area contributed by atoms with Crippen LogP contribution in [0.1, 0.15) is 0 Å². The van der Waals surface area contributed by atoms with Crippen LogP contribution >= 0.6 is 11.3 Å². The molecule has 1 aromatic carbocycles. The average Bonchev–Trinajstić information content (AvgIpc) is 3.51. The van der Waals surface area contributed by atoms with Crippen LogP contribution in [-0.4, -0.2) is 30.1 Å². The largest absolute Gasteiger partial charge is 0.397 e. The van der Waals surface area contributed by atoms with E-state index in [0.717, 1.165) is 50.0 Å². The molecule has 0 saturated carbocycles. The van der Waals surface area contributed by atoms with Gasteiger partial charge in [0.05, 0.1) is 34.1 Å². The quantitative estimate of drug-likeness (QED) is 0.386. The Morgan fingerprint density at radius 2 is 1.93 bits per heavy atom. The lowest BCUT2D eigenvalue weighted by Gasteiger charge is -2.02. The van der Waals surface area contributed by atoms with Crippen LogP contribution in [0.4, 0.5) is 5.69 Å². The zero-order chi connectivity index (χ0) is 20.1. The van der Waals surface area contributed by atoms with Gasteiger partial charge in [-0.2, -0.15) is 16.4 Å². The minimum absolute atomic E-state index is 0.597. The fourth-order valence-electron chi connectivity index (χ4n) is 3.65. The summed E-state index contributed by atoms with van der Waals surface area (Å²) < 4.78 is 0. The van der Waals surface area contributed by atoms with E-state index >= 15 is 0 Å². The van der Waals surface area contributed by atoms with Crippen LogP contribution < -0.4 is 5.73 Å². The van der Waals surface area contributed by atoms with Crippen LogP contribution in [0.15, 0.2) is 65.7 Å². The minimum Gasteiger partial charge on any atom is -0.397 e.